The highest BCUT2D eigenvalue weighted by atomic mass is 79.9. The van der Waals surface area contributed by atoms with Gasteiger partial charge in [0.05, 0.1) is 6.54 Å². The average Bonchev–Trinajstić information content (AvgIpc) is 2.18. The van der Waals surface area contributed by atoms with E-state index in [9.17, 15) is 4.79 Å². The third kappa shape index (κ3) is 3.36. The van der Waals surface area contributed by atoms with Gasteiger partial charge in [0.2, 0.25) is 0 Å². The number of aromatic nitrogens is 1. The molecule has 0 bridgehead atoms. The maximum Gasteiger partial charge on any atom is 0.250 e. The highest BCUT2D eigenvalue weighted by Gasteiger charge is 1.95. The summed E-state index contributed by atoms with van der Waals surface area (Å²) in [6.45, 7) is 1.85. The van der Waals surface area contributed by atoms with Crippen LogP contribution in [0.15, 0.2) is 27.6 Å². The molecule has 1 aromatic rings. The first-order valence-corrected chi connectivity index (χ1v) is 5.03. The van der Waals surface area contributed by atoms with Crippen LogP contribution in [0.4, 0.5) is 0 Å². The second-order valence-electron chi connectivity index (χ2n) is 2.76. The minimum absolute atomic E-state index is 0.00397. The van der Waals surface area contributed by atoms with Crippen molar-refractivity contribution in [2.24, 2.45) is 0 Å². The van der Waals surface area contributed by atoms with Gasteiger partial charge in [-0.05, 0) is 22.0 Å². The fourth-order valence-electron chi connectivity index (χ4n) is 1.04. The Bertz CT molecular complexity index is 392. The minimum Gasteiger partial charge on any atom is -0.313 e. The molecule has 0 saturated heterocycles. The van der Waals surface area contributed by atoms with Crippen molar-refractivity contribution in [3.63, 3.8) is 0 Å². The maximum atomic E-state index is 11.3. The lowest BCUT2D eigenvalue weighted by atomic mass is 10.4. The lowest BCUT2D eigenvalue weighted by molar-refractivity contribution is 0.611. The lowest BCUT2D eigenvalue weighted by Gasteiger charge is -2.05. The van der Waals surface area contributed by atoms with Crippen molar-refractivity contribution in [2.45, 2.75) is 6.54 Å². The largest absolute Gasteiger partial charge is 0.313 e. The summed E-state index contributed by atoms with van der Waals surface area (Å²) in [5, 5.41) is 3.02. The summed E-state index contributed by atoms with van der Waals surface area (Å²) < 4.78 is 2.53. The molecule has 0 radical (unpaired) electrons. The molecule has 0 aliphatic rings. The summed E-state index contributed by atoms with van der Waals surface area (Å²) >= 11 is 3.31. The Kier molecular flexibility index (Phi) is 4.44. The second kappa shape index (κ2) is 5.63. The second-order valence-corrected chi connectivity index (χ2v) is 3.68. The van der Waals surface area contributed by atoms with Crippen molar-refractivity contribution >= 4 is 15.9 Å². The first-order chi connectivity index (χ1) is 6.74. The number of nitrogens with one attached hydrogen (secondary N) is 1. The van der Waals surface area contributed by atoms with Gasteiger partial charge in [-0.15, -0.1) is 6.42 Å². The standard InChI is InChI=1S/C10H11BrN2O/c1-2-5-12-6-7-13-8-9(11)3-4-10(13)14/h1,3-4,8,12H,5-7H2. The van der Waals surface area contributed by atoms with Crippen molar-refractivity contribution in [2.75, 3.05) is 13.1 Å². The van der Waals surface area contributed by atoms with Crippen LogP contribution in [-0.2, 0) is 6.54 Å². The summed E-state index contributed by atoms with van der Waals surface area (Å²) in [5.74, 6) is 2.47. The monoisotopic (exact) mass is 254 g/mol. The lowest BCUT2D eigenvalue weighted by Crippen LogP contribution is -2.26. The molecule has 74 valence electrons. The molecule has 1 rings (SSSR count). The molecule has 0 aliphatic carbocycles. The molecule has 0 spiro atoms. The van der Waals surface area contributed by atoms with Gasteiger partial charge in [0.15, 0.2) is 0 Å². The Morgan fingerprint density at radius 2 is 2.36 bits per heavy atom. The van der Waals surface area contributed by atoms with Gasteiger partial charge in [-0.2, -0.15) is 0 Å². The van der Waals surface area contributed by atoms with Gasteiger partial charge in [-0.1, -0.05) is 5.92 Å². The maximum absolute atomic E-state index is 11.3. The van der Waals surface area contributed by atoms with Gasteiger partial charge in [-0.3, -0.25) is 4.79 Å². The van der Waals surface area contributed by atoms with Gasteiger partial charge in [0.25, 0.3) is 5.56 Å². The van der Waals surface area contributed by atoms with E-state index < -0.39 is 0 Å². The zero-order valence-corrected chi connectivity index (χ0v) is 9.25. The molecule has 1 aromatic heterocycles. The quantitative estimate of drug-likeness (QED) is 0.638. The van der Waals surface area contributed by atoms with E-state index in [1.54, 1.807) is 16.8 Å². The number of pyridine rings is 1. The normalized spacial score (nSPS) is 9.71. The van der Waals surface area contributed by atoms with Crippen molar-refractivity contribution in [3.8, 4) is 12.3 Å². The van der Waals surface area contributed by atoms with E-state index in [2.05, 4.69) is 27.2 Å². The summed E-state index contributed by atoms with van der Waals surface area (Å²) in [6.07, 6.45) is 6.84. The molecule has 0 amide bonds. The van der Waals surface area contributed by atoms with Gasteiger partial charge in [0.1, 0.15) is 0 Å². The Morgan fingerprint density at radius 3 is 3.07 bits per heavy atom. The molecule has 0 atom stereocenters. The van der Waals surface area contributed by atoms with Crippen molar-refractivity contribution in [3.05, 3.63) is 33.2 Å². The molecule has 0 unspecified atom stereocenters. The van der Waals surface area contributed by atoms with Crippen LogP contribution in [0.2, 0.25) is 0 Å². The van der Waals surface area contributed by atoms with E-state index in [0.29, 0.717) is 19.6 Å². The molecular formula is C10H11BrN2O. The number of hydrogen-bond donors (Lipinski definition) is 1. The van der Waals surface area contributed by atoms with Crippen molar-refractivity contribution < 1.29 is 0 Å². The zero-order valence-electron chi connectivity index (χ0n) is 7.66. The predicted octanol–water partition coefficient (Wildman–Crippen LogP) is 0.834. The van der Waals surface area contributed by atoms with E-state index in [1.807, 2.05) is 0 Å². The highest BCUT2D eigenvalue weighted by molar-refractivity contribution is 9.10. The molecule has 14 heavy (non-hydrogen) atoms. The van der Waals surface area contributed by atoms with Crippen LogP contribution in [0.5, 0.6) is 0 Å². The number of halogens is 1. The average molecular weight is 255 g/mol. The topological polar surface area (TPSA) is 34.0 Å². The molecule has 0 fully saturated rings. The SMILES string of the molecule is C#CCNCCn1cc(Br)ccc1=O. The Hall–Kier alpha value is -1.05. The smallest absolute Gasteiger partial charge is 0.250 e. The van der Waals surface area contributed by atoms with E-state index in [0.717, 1.165) is 4.47 Å². The van der Waals surface area contributed by atoms with Crippen LogP contribution in [0.3, 0.4) is 0 Å². The molecule has 0 aromatic carbocycles. The van der Waals surface area contributed by atoms with Crippen LogP contribution in [0, 0.1) is 12.3 Å². The van der Waals surface area contributed by atoms with E-state index in [-0.39, 0.29) is 5.56 Å². The predicted molar refractivity (Wildman–Crippen MR) is 60.1 cm³/mol. The molecule has 3 nitrogen and oxygen atoms in total. The van der Waals surface area contributed by atoms with E-state index in [4.69, 9.17) is 6.42 Å². The fraction of sp³-hybridized carbons (Fsp3) is 0.300. The minimum atomic E-state index is -0.00397. The first kappa shape index (κ1) is 11.0. The third-order valence-corrected chi connectivity index (χ3v) is 2.17. The van der Waals surface area contributed by atoms with Crippen LogP contribution in [0.1, 0.15) is 0 Å². The van der Waals surface area contributed by atoms with Crippen molar-refractivity contribution in [1.29, 1.82) is 0 Å². The Morgan fingerprint density at radius 1 is 1.57 bits per heavy atom. The number of terminal acetylenes is 1. The number of rotatable bonds is 4. The Labute approximate surface area is 91.3 Å². The van der Waals surface area contributed by atoms with Crippen LogP contribution < -0.4 is 10.9 Å². The fourth-order valence-corrected chi connectivity index (χ4v) is 1.42. The van der Waals surface area contributed by atoms with Gasteiger partial charge >= 0.3 is 0 Å². The molecule has 1 heterocycles. The summed E-state index contributed by atoms with van der Waals surface area (Å²) in [4.78, 5) is 11.3. The first-order valence-electron chi connectivity index (χ1n) is 4.24. The van der Waals surface area contributed by atoms with Gasteiger partial charge < -0.3 is 9.88 Å². The summed E-state index contributed by atoms with van der Waals surface area (Å²) in [5.41, 5.74) is -0.00397. The van der Waals surface area contributed by atoms with Gasteiger partial charge in [0, 0.05) is 29.8 Å². The van der Waals surface area contributed by atoms with Gasteiger partial charge in [-0.25, -0.2) is 0 Å². The van der Waals surface area contributed by atoms with Crippen LogP contribution >= 0.6 is 15.9 Å². The zero-order chi connectivity index (χ0) is 10.4. The number of hydrogen-bond acceptors (Lipinski definition) is 2. The number of nitrogens with zero attached hydrogens (tertiary/aromatic N) is 1. The molecule has 0 saturated carbocycles. The van der Waals surface area contributed by atoms with Crippen molar-refractivity contribution in [1.82, 2.24) is 9.88 Å². The van der Waals surface area contributed by atoms with E-state index >= 15 is 0 Å². The third-order valence-electron chi connectivity index (χ3n) is 1.70. The Balaban J connectivity index is 2.55. The molecule has 1 N–H and O–H groups in total. The summed E-state index contributed by atoms with van der Waals surface area (Å²) in [6, 6.07) is 3.26. The van der Waals surface area contributed by atoms with Crippen LogP contribution in [0.25, 0.3) is 0 Å². The summed E-state index contributed by atoms with van der Waals surface area (Å²) in [7, 11) is 0. The molecule has 4 heteroatoms. The highest BCUT2D eigenvalue weighted by Crippen LogP contribution is 2.04. The molecular weight excluding hydrogens is 244 g/mol. The molecule has 0 aliphatic heterocycles. The van der Waals surface area contributed by atoms with Crippen LogP contribution in [-0.4, -0.2) is 17.7 Å². The van der Waals surface area contributed by atoms with E-state index in [1.165, 1.54) is 6.07 Å².